The molecule has 0 saturated carbocycles. The smallest absolute Gasteiger partial charge is 0.156 e. The Hall–Kier alpha value is -1.07. The lowest BCUT2D eigenvalue weighted by Crippen LogP contribution is -2.40. The Morgan fingerprint density at radius 1 is 1.29 bits per heavy atom. The van der Waals surface area contributed by atoms with Gasteiger partial charge in [-0.25, -0.2) is 8.42 Å². The highest BCUT2D eigenvalue weighted by molar-refractivity contribution is 7.90. The van der Waals surface area contributed by atoms with Crippen LogP contribution in [-0.2, 0) is 15.6 Å². The molecular formula is C12H19NO3S. The topological polar surface area (TPSA) is 69.4 Å². The molecule has 4 nitrogen and oxygen atoms in total. The summed E-state index contributed by atoms with van der Waals surface area (Å²) in [5, 5.41) is 0. The fraction of sp³-hybridized carbons (Fsp3) is 0.500. The van der Waals surface area contributed by atoms with E-state index in [0.29, 0.717) is 11.3 Å². The zero-order chi connectivity index (χ0) is 13.1. The number of hydrogen-bond acceptors (Lipinski definition) is 4. The van der Waals surface area contributed by atoms with Crippen LogP contribution in [0.15, 0.2) is 24.3 Å². The van der Waals surface area contributed by atoms with E-state index in [0.717, 1.165) is 0 Å². The van der Waals surface area contributed by atoms with Crippen LogP contribution in [0.1, 0.15) is 19.4 Å². The van der Waals surface area contributed by atoms with Gasteiger partial charge in [-0.15, -0.1) is 0 Å². The monoisotopic (exact) mass is 257 g/mol. The van der Waals surface area contributed by atoms with E-state index in [1.807, 2.05) is 6.07 Å². The van der Waals surface area contributed by atoms with Crippen LogP contribution >= 0.6 is 0 Å². The first kappa shape index (κ1) is 14.0. The van der Waals surface area contributed by atoms with Crippen LogP contribution in [0.3, 0.4) is 0 Å². The summed E-state index contributed by atoms with van der Waals surface area (Å²) in [6.07, 6.45) is 0. The van der Waals surface area contributed by atoms with Gasteiger partial charge in [0.1, 0.15) is 5.75 Å². The van der Waals surface area contributed by atoms with E-state index in [1.165, 1.54) is 7.11 Å². The second kappa shape index (κ2) is 5.06. The number of ether oxygens (including phenoxy) is 1. The molecule has 5 heteroatoms. The van der Waals surface area contributed by atoms with Crippen LogP contribution in [-0.4, -0.2) is 26.8 Å². The van der Waals surface area contributed by atoms with Gasteiger partial charge in [0.15, 0.2) is 9.84 Å². The molecular weight excluding hydrogens is 238 g/mol. The molecule has 0 bridgehead atoms. The summed E-state index contributed by atoms with van der Waals surface area (Å²) in [4.78, 5) is 0. The quantitative estimate of drug-likeness (QED) is 0.864. The van der Waals surface area contributed by atoms with E-state index in [4.69, 9.17) is 10.5 Å². The molecule has 0 aromatic heterocycles. The van der Waals surface area contributed by atoms with E-state index in [2.05, 4.69) is 0 Å². The van der Waals surface area contributed by atoms with Crippen molar-refractivity contribution in [3.8, 4) is 5.75 Å². The summed E-state index contributed by atoms with van der Waals surface area (Å²) in [5.74, 6) is 0.501. The van der Waals surface area contributed by atoms with Gasteiger partial charge in [-0.1, -0.05) is 18.2 Å². The van der Waals surface area contributed by atoms with Gasteiger partial charge in [0.25, 0.3) is 0 Å². The Morgan fingerprint density at radius 2 is 1.88 bits per heavy atom. The molecule has 2 N–H and O–H groups in total. The van der Waals surface area contributed by atoms with Crippen molar-refractivity contribution in [1.82, 2.24) is 0 Å². The SMILES string of the molecule is COc1ccccc1CS(=O)(=O)CC(C)(C)N. The molecule has 0 fully saturated rings. The number of hydrogen-bond donors (Lipinski definition) is 1. The largest absolute Gasteiger partial charge is 0.496 e. The average Bonchev–Trinajstić information content (AvgIpc) is 2.14. The number of para-hydroxylation sites is 1. The number of benzene rings is 1. The van der Waals surface area contributed by atoms with Crippen molar-refractivity contribution in [2.24, 2.45) is 5.73 Å². The van der Waals surface area contributed by atoms with Gasteiger partial charge in [0.05, 0.1) is 18.6 Å². The third-order valence-electron chi connectivity index (χ3n) is 2.16. The maximum Gasteiger partial charge on any atom is 0.156 e. The lowest BCUT2D eigenvalue weighted by Gasteiger charge is -2.18. The fourth-order valence-electron chi connectivity index (χ4n) is 1.68. The maximum absolute atomic E-state index is 11.9. The first-order valence-corrected chi connectivity index (χ1v) is 7.17. The molecule has 1 aromatic rings. The lowest BCUT2D eigenvalue weighted by atomic mass is 10.1. The van der Waals surface area contributed by atoms with Crippen molar-refractivity contribution >= 4 is 9.84 Å². The second-order valence-corrected chi connectivity index (χ2v) is 6.90. The molecule has 0 aliphatic rings. The van der Waals surface area contributed by atoms with Crippen LogP contribution in [0.4, 0.5) is 0 Å². The van der Waals surface area contributed by atoms with E-state index < -0.39 is 15.4 Å². The van der Waals surface area contributed by atoms with Gasteiger partial charge in [0.2, 0.25) is 0 Å². The molecule has 0 radical (unpaired) electrons. The first-order valence-electron chi connectivity index (χ1n) is 5.35. The van der Waals surface area contributed by atoms with Crippen molar-refractivity contribution in [1.29, 1.82) is 0 Å². The molecule has 0 amide bonds. The summed E-state index contributed by atoms with van der Waals surface area (Å²) in [6, 6.07) is 7.10. The third kappa shape index (κ3) is 4.75. The molecule has 0 aliphatic carbocycles. The summed E-state index contributed by atoms with van der Waals surface area (Å²) in [5.41, 5.74) is 5.68. The minimum atomic E-state index is -3.23. The number of methoxy groups -OCH3 is 1. The first-order chi connectivity index (χ1) is 7.73. The van der Waals surface area contributed by atoms with E-state index in [1.54, 1.807) is 32.0 Å². The number of nitrogens with two attached hydrogens (primary N) is 1. The highest BCUT2D eigenvalue weighted by Crippen LogP contribution is 2.21. The van der Waals surface area contributed by atoms with Crippen molar-refractivity contribution in [2.75, 3.05) is 12.9 Å². The molecule has 96 valence electrons. The highest BCUT2D eigenvalue weighted by Gasteiger charge is 2.23. The summed E-state index contributed by atoms with van der Waals surface area (Å²) in [7, 11) is -1.70. The predicted molar refractivity (Wildman–Crippen MR) is 68.8 cm³/mol. The molecule has 0 heterocycles. The average molecular weight is 257 g/mol. The molecule has 1 aromatic carbocycles. The standard InChI is InChI=1S/C12H19NO3S/c1-12(2,13)9-17(14,15)8-10-6-4-5-7-11(10)16-3/h4-7H,8-9,13H2,1-3H3. The Labute approximate surface area is 103 Å². The minimum Gasteiger partial charge on any atom is -0.496 e. The van der Waals surface area contributed by atoms with Gasteiger partial charge in [-0.05, 0) is 19.9 Å². The molecule has 0 saturated heterocycles. The summed E-state index contributed by atoms with van der Waals surface area (Å²) in [6.45, 7) is 3.40. The Morgan fingerprint density at radius 3 is 2.41 bits per heavy atom. The van der Waals surface area contributed by atoms with Crippen molar-refractivity contribution in [3.05, 3.63) is 29.8 Å². The van der Waals surface area contributed by atoms with Gasteiger partial charge in [-0.3, -0.25) is 0 Å². The van der Waals surface area contributed by atoms with Gasteiger partial charge in [0, 0.05) is 11.1 Å². The Balaban J connectivity index is 2.91. The van der Waals surface area contributed by atoms with Crippen molar-refractivity contribution in [3.63, 3.8) is 0 Å². The van der Waals surface area contributed by atoms with Crippen LogP contribution in [0.25, 0.3) is 0 Å². The Kier molecular flexibility index (Phi) is 4.16. The van der Waals surface area contributed by atoms with Crippen molar-refractivity contribution < 1.29 is 13.2 Å². The molecule has 0 aliphatic heterocycles. The predicted octanol–water partition coefficient (Wildman–Crippen LogP) is 1.35. The zero-order valence-electron chi connectivity index (χ0n) is 10.4. The second-order valence-electron chi connectivity index (χ2n) is 4.83. The normalized spacial score (nSPS) is 12.5. The number of rotatable bonds is 5. The van der Waals surface area contributed by atoms with Crippen molar-refractivity contribution in [2.45, 2.75) is 25.1 Å². The molecule has 0 spiro atoms. The maximum atomic E-state index is 11.9. The van der Waals surface area contributed by atoms with E-state index >= 15 is 0 Å². The molecule has 0 atom stereocenters. The molecule has 17 heavy (non-hydrogen) atoms. The highest BCUT2D eigenvalue weighted by atomic mass is 32.2. The lowest BCUT2D eigenvalue weighted by molar-refractivity contribution is 0.411. The fourth-order valence-corrected chi connectivity index (χ4v) is 3.62. The number of sulfone groups is 1. The van der Waals surface area contributed by atoms with Crippen LogP contribution in [0.2, 0.25) is 0 Å². The van der Waals surface area contributed by atoms with E-state index in [-0.39, 0.29) is 11.5 Å². The van der Waals surface area contributed by atoms with Crippen LogP contribution < -0.4 is 10.5 Å². The molecule has 1 rings (SSSR count). The molecule has 0 unspecified atom stereocenters. The van der Waals surface area contributed by atoms with E-state index in [9.17, 15) is 8.42 Å². The van der Waals surface area contributed by atoms with Gasteiger partial charge in [-0.2, -0.15) is 0 Å². The zero-order valence-corrected chi connectivity index (χ0v) is 11.3. The minimum absolute atomic E-state index is 0.0436. The van der Waals surface area contributed by atoms with Crippen LogP contribution in [0, 0.1) is 0 Å². The van der Waals surface area contributed by atoms with Crippen LogP contribution in [0.5, 0.6) is 5.75 Å². The van der Waals surface area contributed by atoms with Gasteiger partial charge >= 0.3 is 0 Å². The Bertz CT molecular complexity index is 475. The third-order valence-corrected chi connectivity index (χ3v) is 4.09. The summed E-state index contributed by atoms with van der Waals surface area (Å²) >= 11 is 0. The van der Waals surface area contributed by atoms with Gasteiger partial charge < -0.3 is 10.5 Å². The summed E-state index contributed by atoms with van der Waals surface area (Å²) < 4.78 is 29.0.